The first-order valence-electron chi connectivity index (χ1n) is 8.30. The standard InChI is InChI=1S/C20H17NO6/c1-26-19(24)15-4-2-3-13(11-15)12-27-20(25)14-5-7-16(8-6-14)21-17(22)9-10-18(21)23/h2-8,11H,9-10,12H2,1H3. The molecule has 2 amide bonds. The molecular formula is C20H17NO6. The molecule has 7 heteroatoms. The van der Waals surface area contributed by atoms with Crippen LogP contribution in [0.3, 0.4) is 0 Å². The van der Waals surface area contributed by atoms with Crippen LogP contribution in [0.25, 0.3) is 0 Å². The van der Waals surface area contributed by atoms with Crippen LogP contribution in [0.4, 0.5) is 5.69 Å². The van der Waals surface area contributed by atoms with Gasteiger partial charge in [-0.1, -0.05) is 12.1 Å². The summed E-state index contributed by atoms with van der Waals surface area (Å²) in [6.45, 7) is -0.00544. The van der Waals surface area contributed by atoms with Crippen molar-refractivity contribution in [3.63, 3.8) is 0 Å². The van der Waals surface area contributed by atoms with Gasteiger partial charge in [-0.3, -0.25) is 14.5 Å². The first kappa shape index (κ1) is 18.3. The van der Waals surface area contributed by atoms with Gasteiger partial charge in [0, 0.05) is 12.8 Å². The predicted octanol–water partition coefficient (Wildman–Crippen LogP) is 2.48. The lowest BCUT2D eigenvalue weighted by Gasteiger charge is -2.14. The van der Waals surface area contributed by atoms with Gasteiger partial charge in [-0.25, -0.2) is 9.59 Å². The number of carbonyl (C=O) groups excluding carboxylic acids is 4. The van der Waals surface area contributed by atoms with Crippen molar-refractivity contribution in [3.05, 3.63) is 65.2 Å². The van der Waals surface area contributed by atoms with E-state index in [1.54, 1.807) is 24.3 Å². The molecule has 27 heavy (non-hydrogen) atoms. The Balaban J connectivity index is 1.64. The third kappa shape index (κ3) is 4.03. The molecule has 0 N–H and O–H groups in total. The van der Waals surface area contributed by atoms with E-state index in [0.29, 0.717) is 22.4 Å². The van der Waals surface area contributed by atoms with Crippen LogP contribution < -0.4 is 4.90 Å². The molecule has 7 nitrogen and oxygen atoms in total. The van der Waals surface area contributed by atoms with Crippen molar-refractivity contribution in [1.29, 1.82) is 0 Å². The number of anilines is 1. The van der Waals surface area contributed by atoms with Gasteiger partial charge in [0.25, 0.3) is 0 Å². The summed E-state index contributed by atoms with van der Waals surface area (Å²) >= 11 is 0. The van der Waals surface area contributed by atoms with Gasteiger partial charge >= 0.3 is 11.9 Å². The number of benzene rings is 2. The van der Waals surface area contributed by atoms with E-state index in [-0.39, 0.29) is 31.3 Å². The second-order valence-electron chi connectivity index (χ2n) is 5.94. The Hall–Kier alpha value is -3.48. The molecular weight excluding hydrogens is 350 g/mol. The molecule has 0 radical (unpaired) electrons. The Labute approximate surface area is 155 Å². The number of methoxy groups -OCH3 is 1. The van der Waals surface area contributed by atoms with Gasteiger partial charge in [-0.15, -0.1) is 0 Å². The van der Waals surface area contributed by atoms with E-state index in [4.69, 9.17) is 4.74 Å². The molecule has 3 rings (SSSR count). The molecule has 2 aromatic rings. The van der Waals surface area contributed by atoms with Gasteiger partial charge in [0.15, 0.2) is 0 Å². The van der Waals surface area contributed by atoms with Gasteiger partial charge in [0.05, 0.1) is 23.9 Å². The molecule has 0 unspecified atom stereocenters. The summed E-state index contributed by atoms with van der Waals surface area (Å²) in [5, 5.41) is 0. The van der Waals surface area contributed by atoms with E-state index in [9.17, 15) is 19.2 Å². The van der Waals surface area contributed by atoms with E-state index in [1.165, 1.54) is 31.4 Å². The summed E-state index contributed by atoms with van der Waals surface area (Å²) in [4.78, 5) is 48.3. The maximum atomic E-state index is 12.2. The highest BCUT2D eigenvalue weighted by Crippen LogP contribution is 2.23. The minimum Gasteiger partial charge on any atom is -0.465 e. The molecule has 2 aromatic carbocycles. The Morgan fingerprint density at radius 2 is 1.59 bits per heavy atom. The minimum absolute atomic E-state index is 0.00544. The summed E-state index contributed by atoms with van der Waals surface area (Å²) in [6.07, 6.45) is 0.403. The quantitative estimate of drug-likeness (QED) is 0.596. The summed E-state index contributed by atoms with van der Waals surface area (Å²) < 4.78 is 9.91. The fourth-order valence-corrected chi connectivity index (χ4v) is 2.75. The molecule has 1 heterocycles. The van der Waals surface area contributed by atoms with Gasteiger partial charge in [-0.05, 0) is 42.0 Å². The van der Waals surface area contributed by atoms with Crippen molar-refractivity contribution in [2.75, 3.05) is 12.0 Å². The van der Waals surface area contributed by atoms with Crippen molar-refractivity contribution in [2.24, 2.45) is 0 Å². The summed E-state index contributed by atoms with van der Waals surface area (Å²) in [7, 11) is 1.29. The van der Waals surface area contributed by atoms with Crippen molar-refractivity contribution in [3.8, 4) is 0 Å². The predicted molar refractivity (Wildman–Crippen MR) is 95.1 cm³/mol. The van der Waals surface area contributed by atoms with Crippen LogP contribution in [-0.2, 0) is 25.7 Å². The van der Waals surface area contributed by atoms with Crippen LogP contribution in [0, 0.1) is 0 Å². The number of ether oxygens (including phenoxy) is 2. The number of nitrogens with zero attached hydrogens (tertiary/aromatic N) is 1. The Kier molecular flexibility index (Phi) is 5.30. The molecule has 1 aliphatic rings. The lowest BCUT2D eigenvalue weighted by Crippen LogP contribution is -2.28. The highest BCUT2D eigenvalue weighted by atomic mass is 16.5. The summed E-state index contributed by atoms with van der Waals surface area (Å²) in [5.41, 5.74) is 1.75. The van der Waals surface area contributed by atoms with Crippen LogP contribution in [0.1, 0.15) is 39.1 Å². The van der Waals surface area contributed by atoms with Crippen LogP contribution in [0.15, 0.2) is 48.5 Å². The van der Waals surface area contributed by atoms with Gasteiger partial charge in [-0.2, -0.15) is 0 Å². The molecule has 1 saturated heterocycles. The fourth-order valence-electron chi connectivity index (χ4n) is 2.75. The monoisotopic (exact) mass is 367 g/mol. The molecule has 0 bridgehead atoms. The van der Waals surface area contributed by atoms with E-state index < -0.39 is 11.9 Å². The van der Waals surface area contributed by atoms with Crippen LogP contribution in [0.2, 0.25) is 0 Å². The number of carbonyl (C=O) groups is 4. The third-order valence-electron chi connectivity index (χ3n) is 4.13. The molecule has 1 aliphatic heterocycles. The molecule has 0 aliphatic carbocycles. The number of amides is 2. The zero-order valence-corrected chi connectivity index (χ0v) is 14.6. The largest absolute Gasteiger partial charge is 0.465 e. The fraction of sp³-hybridized carbons (Fsp3) is 0.200. The lowest BCUT2D eigenvalue weighted by molar-refractivity contribution is -0.121. The Morgan fingerprint density at radius 3 is 2.22 bits per heavy atom. The molecule has 0 spiro atoms. The second-order valence-corrected chi connectivity index (χ2v) is 5.94. The second kappa shape index (κ2) is 7.82. The zero-order chi connectivity index (χ0) is 19.4. The Morgan fingerprint density at radius 1 is 0.926 bits per heavy atom. The van der Waals surface area contributed by atoms with Crippen molar-refractivity contribution in [1.82, 2.24) is 0 Å². The van der Waals surface area contributed by atoms with Crippen molar-refractivity contribution < 1.29 is 28.7 Å². The Bertz CT molecular complexity index is 887. The molecule has 138 valence electrons. The first-order chi connectivity index (χ1) is 13.0. The smallest absolute Gasteiger partial charge is 0.338 e. The average Bonchev–Trinajstić information content (AvgIpc) is 3.04. The van der Waals surface area contributed by atoms with Crippen LogP contribution >= 0.6 is 0 Å². The normalized spacial score (nSPS) is 13.6. The molecule has 1 fully saturated rings. The van der Waals surface area contributed by atoms with Crippen molar-refractivity contribution in [2.45, 2.75) is 19.4 Å². The van der Waals surface area contributed by atoms with Gasteiger partial charge in [0.2, 0.25) is 11.8 Å². The van der Waals surface area contributed by atoms with Crippen molar-refractivity contribution >= 4 is 29.4 Å². The number of rotatable bonds is 5. The van der Waals surface area contributed by atoms with Gasteiger partial charge in [0.1, 0.15) is 6.61 Å². The van der Waals surface area contributed by atoms with E-state index >= 15 is 0 Å². The molecule has 0 atom stereocenters. The number of hydrogen-bond donors (Lipinski definition) is 0. The maximum absolute atomic E-state index is 12.2. The summed E-state index contributed by atoms with van der Waals surface area (Å²) in [5.74, 6) is -1.52. The topological polar surface area (TPSA) is 90.0 Å². The van der Waals surface area contributed by atoms with Crippen LogP contribution in [0.5, 0.6) is 0 Å². The third-order valence-corrected chi connectivity index (χ3v) is 4.13. The lowest BCUT2D eigenvalue weighted by atomic mass is 10.1. The molecule has 0 aromatic heterocycles. The number of imide groups is 1. The number of hydrogen-bond acceptors (Lipinski definition) is 6. The van der Waals surface area contributed by atoms with Crippen LogP contribution in [-0.4, -0.2) is 30.9 Å². The van der Waals surface area contributed by atoms with E-state index in [1.807, 2.05) is 0 Å². The highest BCUT2D eigenvalue weighted by Gasteiger charge is 2.30. The number of esters is 2. The first-order valence-corrected chi connectivity index (χ1v) is 8.30. The SMILES string of the molecule is COC(=O)c1cccc(COC(=O)c2ccc(N3C(=O)CCC3=O)cc2)c1. The maximum Gasteiger partial charge on any atom is 0.338 e. The van der Waals surface area contributed by atoms with Gasteiger partial charge < -0.3 is 9.47 Å². The molecule has 0 saturated carbocycles. The average molecular weight is 367 g/mol. The highest BCUT2D eigenvalue weighted by molar-refractivity contribution is 6.19. The van der Waals surface area contributed by atoms with E-state index in [0.717, 1.165) is 4.90 Å². The van der Waals surface area contributed by atoms with E-state index in [2.05, 4.69) is 4.74 Å². The zero-order valence-electron chi connectivity index (χ0n) is 14.6. The minimum atomic E-state index is -0.552. The summed E-state index contributed by atoms with van der Waals surface area (Å²) in [6, 6.07) is 12.7.